The molecular formula is C13H17N3O3S. The van der Waals surface area contributed by atoms with E-state index < -0.39 is 16.1 Å². The quantitative estimate of drug-likeness (QED) is 0.743. The Morgan fingerprint density at radius 3 is 2.50 bits per heavy atom. The lowest BCUT2D eigenvalue weighted by atomic mass is 10.2. The first-order chi connectivity index (χ1) is 9.50. The highest BCUT2D eigenvalue weighted by atomic mass is 32.2. The molecule has 2 rings (SSSR count). The molecule has 7 heteroatoms. The van der Waals surface area contributed by atoms with Crippen molar-refractivity contribution in [2.24, 2.45) is 0 Å². The Labute approximate surface area is 117 Å². The minimum Gasteiger partial charge on any atom is -0.392 e. The van der Waals surface area contributed by atoms with Crippen LogP contribution in [0.15, 0.2) is 36.7 Å². The van der Waals surface area contributed by atoms with E-state index in [-0.39, 0.29) is 12.4 Å². The van der Waals surface area contributed by atoms with Crippen molar-refractivity contribution in [1.82, 2.24) is 14.7 Å². The fraction of sp³-hybridized carbons (Fsp3) is 0.308. The third-order valence-corrected chi connectivity index (χ3v) is 4.27. The van der Waals surface area contributed by atoms with Crippen molar-refractivity contribution in [1.29, 1.82) is 0 Å². The van der Waals surface area contributed by atoms with Crippen molar-refractivity contribution in [2.75, 3.05) is 0 Å². The van der Waals surface area contributed by atoms with Crippen LogP contribution >= 0.6 is 0 Å². The standard InChI is InChI=1S/C13H17N3O3S/c1-10(13-14-6-7-15-13)16-20(18,19)9-12-4-2-11(8-17)3-5-12/h2-7,10,16-17H,8-9H2,1H3,(H,14,15). The van der Waals surface area contributed by atoms with Crippen LogP contribution in [0.4, 0.5) is 0 Å². The molecular weight excluding hydrogens is 278 g/mol. The third-order valence-electron chi connectivity index (χ3n) is 2.85. The van der Waals surface area contributed by atoms with Gasteiger partial charge in [0.25, 0.3) is 0 Å². The molecule has 0 bridgehead atoms. The average molecular weight is 295 g/mol. The van der Waals surface area contributed by atoms with Gasteiger partial charge in [-0.3, -0.25) is 0 Å². The Morgan fingerprint density at radius 1 is 1.30 bits per heavy atom. The lowest BCUT2D eigenvalue weighted by Gasteiger charge is -2.12. The molecule has 1 aromatic carbocycles. The molecule has 0 aliphatic heterocycles. The Bertz CT molecular complexity index is 636. The Morgan fingerprint density at radius 2 is 1.95 bits per heavy atom. The predicted octanol–water partition coefficient (Wildman–Crippen LogP) is 1.08. The van der Waals surface area contributed by atoms with Gasteiger partial charge in [0, 0.05) is 12.4 Å². The van der Waals surface area contributed by atoms with Crippen LogP contribution in [0.3, 0.4) is 0 Å². The highest BCUT2D eigenvalue weighted by Gasteiger charge is 2.17. The number of benzene rings is 1. The lowest BCUT2D eigenvalue weighted by molar-refractivity contribution is 0.282. The van der Waals surface area contributed by atoms with Gasteiger partial charge in [-0.25, -0.2) is 18.1 Å². The maximum absolute atomic E-state index is 12.1. The Balaban J connectivity index is 2.03. The van der Waals surface area contributed by atoms with Crippen molar-refractivity contribution >= 4 is 10.0 Å². The number of sulfonamides is 1. The van der Waals surface area contributed by atoms with Gasteiger partial charge in [0.15, 0.2) is 0 Å². The summed E-state index contributed by atoms with van der Waals surface area (Å²) in [4.78, 5) is 6.89. The molecule has 3 N–H and O–H groups in total. The highest BCUT2D eigenvalue weighted by Crippen LogP contribution is 2.12. The maximum Gasteiger partial charge on any atom is 0.216 e. The molecule has 1 aromatic heterocycles. The average Bonchev–Trinajstić information content (AvgIpc) is 2.92. The minimum atomic E-state index is -3.45. The fourth-order valence-electron chi connectivity index (χ4n) is 1.84. The van der Waals surface area contributed by atoms with Gasteiger partial charge in [-0.15, -0.1) is 0 Å². The third kappa shape index (κ3) is 3.89. The first kappa shape index (κ1) is 14.7. The second-order valence-corrected chi connectivity index (χ2v) is 6.30. The van der Waals surface area contributed by atoms with Crippen molar-refractivity contribution in [2.45, 2.75) is 25.3 Å². The van der Waals surface area contributed by atoms with E-state index >= 15 is 0 Å². The van der Waals surface area contributed by atoms with E-state index in [9.17, 15) is 8.42 Å². The summed E-state index contributed by atoms with van der Waals surface area (Å²) in [5.74, 6) is 0.466. The van der Waals surface area contributed by atoms with Crippen molar-refractivity contribution < 1.29 is 13.5 Å². The number of aliphatic hydroxyl groups is 1. The summed E-state index contributed by atoms with van der Waals surface area (Å²) in [6.07, 6.45) is 3.22. The SMILES string of the molecule is CC(NS(=O)(=O)Cc1ccc(CO)cc1)c1ncc[nH]1. The van der Waals surface area contributed by atoms with E-state index in [2.05, 4.69) is 14.7 Å². The van der Waals surface area contributed by atoms with E-state index in [4.69, 9.17) is 5.11 Å². The summed E-state index contributed by atoms with van der Waals surface area (Å²) in [5, 5.41) is 8.94. The van der Waals surface area contributed by atoms with E-state index in [0.29, 0.717) is 11.4 Å². The van der Waals surface area contributed by atoms with Crippen LogP contribution < -0.4 is 4.72 Å². The van der Waals surface area contributed by atoms with Crippen molar-refractivity contribution in [3.05, 3.63) is 53.6 Å². The zero-order valence-corrected chi connectivity index (χ0v) is 11.9. The molecule has 0 fully saturated rings. The van der Waals surface area contributed by atoms with Crippen LogP contribution in [0.25, 0.3) is 0 Å². The van der Waals surface area contributed by atoms with Gasteiger partial charge in [-0.1, -0.05) is 24.3 Å². The number of rotatable bonds is 6. The number of nitrogens with one attached hydrogen (secondary N) is 2. The van der Waals surface area contributed by atoms with Crippen LogP contribution in [-0.2, 0) is 22.4 Å². The van der Waals surface area contributed by atoms with Gasteiger partial charge < -0.3 is 10.1 Å². The predicted molar refractivity (Wildman–Crippen MR) is 75.1 cm³/mol. The zero-order chi connectivity index (χ0) is 14.6. The summed E-state index contributed by atoms with van der Waals surface area (Å²) in [5.41, 5.74) is 1.42. The number of aliphatic hydroxyl groups excluding tert-OH is 1. The summed E-state index contributed by atoms with van der Waals surface area (Å²) >= 11 is 0. The molecule has 1 atom stereocenters. The number of hydrogen-bond acceptors (Lipinski definition) is 4. The monoisotopic (exact) mass is 295 g/mol. The van der Waals surface area contributed by atoms with Crippen LogP contribution in [-0.4, -0.2) is 23.5 Å². The summed E-state index contributed by atoms with van der Waals surface area (Å²) in [6, 6.07) is 6.40. The topological polar surface area (TPSA) is 95.1 Å². The fourth-order valence-corrected chi connectivity index (χ4v) is 3.21. The van der Waals surface area contributed by atoms with Gasteiger partial charge in [0.05, 0.1) is 18.4 Å². The number of imidazole rings is 1. The Kier molecular flexibility index (Phi) is 4.53. The Hall–Kier alpha value is -1.70. The highest BCUT2D eigenvalue weighted by molar-refractivity contribution is 7.88. The van der Waals surface area contributed by atoms with Crippen molar-refractivity contribution in [3.8, 4) is 0 Å². The normalized spacial score (nSPS) is 13.3. The second-order valence-electron chi connectivity index (χ2n) is 4.55. The zero-order valence-electron chi connectivity index (χ0n) is 11.1. The molecule has 0 aliphatic carbocycles. The summed E-state index contributed by atoms with van der Waals surface area (Å²) < 4.78 is 26.7. The van der Waals surface area contributed by atoms with E-state index in [0.717, 1.165) is 5.56 Å². The lowest BCUT2D eigenvalue weighted by Crippen LogP contribution is -2.28. The van der Waals surface area contributed by atoms with Crippen LogP contribution in [0, 0.1) is 0 Å². The number of hydrogen-bond donors (Lipinski definition) is 3. The van der Waals surface area contributed by atoms with Gasteiger partial charge >= 0.3 is 0 Å². The minimum absolute atomic E-state index is 0.0548. The molecule has 0 saturated carbocycles. The first-order valence-electron chi connectivity index (χ1n) is 6.18. The number of H-pyrrole nitrogens is 1. The smallest absolute Gasteiger partial charge is 0.216 e. The van der Waals surface area contributed by atoms with Crippen LogP contribution in [0.5, 0.6) is 0 Å². The number of aromatic nitrogens is 2. The van der Waals surface area contributed by atoms with E-state index in [1.165, 1.54) is 0 Å². The molecule has 0 aliphatic rings. The molecule has 0 radical (unpaired) electrons. The maximum atomic E-state index is 12.1. The molecule has 1 heterocycles. The molecule has 0 amide bonds. The molecule has 20 heavy (non-hydrogen) atoms. The van der Waals surface area contributed by atoms with Gasteiger partial charge in [-0.05, 0) is 18.1 Å². The first-order valence-corrected chi connectivity index (χ1v) is 7.83. The largest absolute Gasteiger partial charge is 0.392 e. The molecule has 0 spiro atoms. The van der Waals surface area contributed by atoms with Gasteiger partial charge in [0.1, 0.15) is 5.82 Å². The van der Waals surface area contributed by atoms with E-state index in [1.807, 2.05) is 0 Å². The number of aromatic amines is 1. The summed E-state index contributed by atoms with van der Waals surface area (Å²) in [7, 11) is -3.45. The molecule has 6 nitrogen and oxygen atoms in total. The van der Waals surface area contributed by atoms with E-state index in [1.54, 1.807) is 43.6 Å². The molecule has 1 unspecified atom stereocenters. The molecule has 0 saturated heterocycles. The van der Waals surface area contributed by atoms with Crippen molar-refractivity contribution in [3.63, 3.8) is 0 Å². The number of nitrogens with zero attached hydrogens (tertiary/aromatic N) is 1. The van der Waals surface area contributed by atoms with Crippen LogP contribution in [0.2, 0.25) is 0 Å². The summed E-state index contributed by atoms with van der Waals surface area (Å²) in [6.45, 7) is 1.67. The molecule has 2 aromatic rings. The van der Waals surface area contributed by atoms with Gasteiger partial charge in [0.2, 0.25) is 10.0 Å². The van der Waals surface area contributed by atoms with Gasteiger partial charge in [-0.2, -0.15) is 0 Å². The molecule has 108 valence electrons. The second kappa shape index (κ2) is 6.17. The van der Waals surface area contributed by atoms with Crippen LogP contribution in [0.1, 0.15) is 29.9 Å².